The van der Waals surface area contributed by atoms with E-state index >= 15 is 0 Å². The van der Waals surface area contributed by atoms with E-state index in [-0.39, 0.29) is 11.6 Å². The summed E-state index contributed by atoms with van der Waals surface area (Å²) >= 11 is 1.74. The molecular formula is C21H29N5O2S. The summed E-state index contributed by atoms with van der Waals surface area (Å²) in [5.74, 6) is 2.47. The number of ether oxygens (including phenoxy) is 1. The molecule has 0 unspecified atom stereocenters. The lowest BCUT2D eigenvalue weighted by Crippen LogP contribution is -2.43. The van der Waals surface area contributed by atoms with Crippen LogP contribution in [0, 0.1) is 0 Å². The third-order valence-corrected chi connectivity index (χ3v) is 4.87. The van der Waals surface area contributed by atoms with E-state index in [2.05, 4.69) is 27.9 Å². The topological polar surface area (TPSA) is 79.4 Å². The number of nitrogens with zero attached hydrogens (tertiary/aromatic N) is 3. The van der Waals surface area contributed by atoms with E-state index in [1.54, 1.807) is 11.8 Å². The standard InChI is InChI=1S/C21H29N5O2S/c1-21(2,3)25-20(27)23-16-7-5-15(6-8-16)19-22-17(14-29-4)13-18(24-19)26-9-11-28-12-10-26/h5-8,13H,9-12,14H2,1-4H3,(H2,23,25,27). The normalized spacial score (nSPS) is 14.6. The minimum Gasteiger partial charge on any atom is -0.378 e. The predicted octanol–water partition coefficient (Wildman–Crippen LogP) is 3.76. The van der Waals surface area contributed by atoms with Crippen molar-refractivity contribution < 1.29 is 9.53 Å². The maximum atomic E-state index is 12.1. The number of morpholine rings is 1. The average Bonchev–Trinajstić information content (AvgIpc) is 2.68. The number of urea groups is 1. The van der Waals surface area contributed by atoms with Crippen LogP contribution >= 0.6 is 11.8 Å². The Labute approximate surface area is 176 Å². The minimum absolute atomic E-state index is 0.224. The molecule has 8 heteroatoms. The maximum absolute atomic E-state index is 12.1. The summed E-state index contributed by atoms with van der Waals surface area (Å²) < 4.78 is 5.46. The molecule has 0 atom stereocenters. The number of hydrogen-bond acceptors (Lipinski definition) is 6. The Hall–Kier alpha value is -2.32. The van der Waals surface area contributed by atoms with E-state index in [1.807, 2.05) is 45.0 Å². The summed E-state index contributed by atoms with van der Waals surface area (Å²) in [6, 6.07) is 9.46. The van der Waals surface area contributed by atoms with Gasteiger partial charge in [-0.15, -0.1) is 0 Å². The number of hydrogen-bond donors (Lipinski definition) is 2. The third kappa shape index (κ3) is 6.33. The number of thioether (sulfide) groups is 1. The number of benzene rings is 1. The molecule has 1 aromatic heterocycles. The molecule has 2 heterocycles. The van der Waals surface area contributed by atoms with Gasteiger partial charge in [0.05, 0.1) is 18.9 Å². The van der Waals surface area contributed by atoms with Gasteiger partial charge in [-0.05, 0) is 51.3 Å². The van der Waals surface area contributed by atoms with Crippen LogP contribution in [0.5, 0.6) is 0 Å². The van der Waals surface area contributed by atoms with Crippen molar-refractivity contribution in [1.82, 2.24) is 15.3 Å². The molecule has 0 bridgehead atoms. The van der Waals surface area contributed by atoms with Crippen molar-refractivity contribution in [3.8, 4) is 11.4 Å². The summed E-state index contributed by atoms with van der Waals surface area (Å²) in [6.45, 7) is 8.94. The van der Waals surface area contributed by atoms with Gasteiger partial charge >= 0.3 is 6.03 Å². The number of rotatable bonds is 5. The first-order valence-electron chi connectivity index (χ1n) is 9.73. The van der Waals surface area contributed by atoms with Crippen LogP contribution in [0.4, 0.5) is 16.3 Å². The first-order chi connectivity index (χ1) is 13.8. The Kier molecular flexibility index (Phi) is 6.97. The number of anilines is 2. The fourth-order valence-electron chi connectivity index (χ4n) is 2.99. The van der Waals surface area contributed by atoms with Crippen molar-refractivity contribution in [2.75, 3.05) is 42.8 Å². The van der Waals surface area contributed by atoms with Gasteiger partial charge in [0.25, 0.3) is 0 Å². The van der Waals surface area contributed by atoms with E-state index in [1.165, 1.54) is 0 Å². The molecule has 7 nitrogen and oxygen atoms in total. The lowest BCUT2D eigenvalue weighted by Gasteiger charge is -2.28. The van der Waals surface area contributed by atoms with Crippen LogP contribution in [0.1, 0.15) is 26.5 Å². The van der Waals surface area contributed by atoms with Crippen molar-refractivity contribution in [1.29, 1.82) is 0 Å². The zero-order chi connectivity index (χ0) is 20.9. The van der Waals surface area contributed by atoms with Gasteiger partial charge in [-0.3, -0.25) is 0 Å². The van der Waals surface area contributed by atoms with Crippen LogP contribution in [-0.2, 0) is 10.5 Å². The lowest BCUT2D eigenvalue weighted by atomic mass is 10.1. The second kappa shape index (κ2) is 9.45. The second-order valence-electron chi connectivity index (χ2n) is 7.98. The van der Waals surface area contributed by atoms with Crippen LogP contribution in [0.3, 0.4) is 0 Å². The Balaban J connectivity index is 1.79. The number of amides is 2. The molecule has 0 radical (unpaired) electrons. The molecule has 29 heavy (non-hydrogen) atoms. The van der Waals surface area contributed by atoms with Crippen molar-refractivity contribution in [2.45, 2.75) is 32.1 Å². The molecule has 2 N–H and O–H groups in total. The minimum atomic E-state index is -0.286. The molecule has 1 aliphatic rings. The van der Waals surface area contributed by atoms with Crippen LogP contribution in [0.25, 0.3) is 11.4 Å². The number of aromatic nitrogens is 2. The molecule has 0 spiro atoms. The highest BCUT2D eigenvalue weighted by Crippen LogP contribution is 2.24. The Morgan fingerprint density at radius 2 is 1.86 bits per heavy atom. The Bertz CT molecular complexity index is 830. The van der Waals surface area contributed by atoms with E-state index in [0.29, 0.717) is 19.0 Å². The van der Waals surface area contributed by atoms with Crippen molar-refractivity contribution in [3.05, 3.63) is 36.0 Å². The zero-order valence-electron chi connectivity index (χ0n) is 17.5. The molecular weight excluding hydrogens is 386 g/mol. The smallest absolute Gasteiger partial charge is 0.319 e. The number of carbonyl (C=O) groups excluding carboxylic acids is 1. The van der Waals surface area contributed by atoms with E-state index in [9.17, 15) is 4.79 Å². The molecule has 2 aromatic rings. The maximum Gasteiger partial charge on any atom is 0.319 e. The quantitative estimate of drug-likeness (QED) is 0.774. The van der Waals surface area contributed by atoms with Crippen molar-refractivity contribution in [2.24, 2.45) is 0 Å². The first-order valence-corrected chi connectivity index (χ1v) is 11.1. The Morgan fingerprint density at radius 1 is 1.17 bits per heavy atom. The lowest BCUT2D eigenvalue weighted by molar-refractivity contribution is 0.122. The summed E-state index contributed by atoms with van der Waals surface area (Å²) in [5.41, 5.74) is 2.37. The first kappa shape index (κ1) is 21.4. The summed E-state index contributed by atoms with van der Waals surface area (Å²) in [5, 5.41) is 5.74. The number of carbonyl (C=O) groups is 1. The molecule has 0 aliphatic carbocycles. The molecule has 156 valence electrons. The average molecular weight is 416 g/mol. The highest BCUT2D eigenvalue weighted by molar-refractivity contribution is 7.97. The van der Waals surface area contributed by atoms with E-state index in [4.69, 9.17) is 14.7 Å². The SMILES string of the molecule is CSCc1cc(N2CCOCC2)nc(-c2ccc(NC(=O)NC(C)(C)C)cc2)n1. The Morgan fingerprint density at radius 3 is 2.48 bits per heavy atom. The van der Waals surface area contributed by atoms with Gasteiger partial charge in [0.1, 0.15) is 5.82 Å². The van der Waals surface area contributed by atoms with Crippen LogP contribution < -0.4 is 15.5 Å². The monoisotopic (exact) mass is 415 g/mol. The van der Waals surface area contributed by atoms with Gasteiger partial charge < -0.3 is 20.3 Å². The fourth-order valence-corrected chi connectivity index (χ4v) is 3.44. The molecule has 1 saturated heterocycles. The largest absolute Gasteiger partial charge is 0.378 e. The highest BCUT2D eigenvalue weighted by atomic mass is 32.2. The van der Waals surface area contributed by atoms with Gasteiger partial charge in [0, 0.05) is 41.7 Å². The van der Waals surface area contributed by atoms with E-state index < -0.39 is 0 Å². The van der Waals surface area contributed by atoms with Gasteiger partial charge in [-0.25, -0.2) is 14.8 Å². The van der Waals surface area contributed by atoms with E-state index in [0.717, 1.165) is 41.6 Å². The summed E-state index contributed by atoms with van der Waals surface area (Å²) in [6.07, 6.45) is 2.07. The summed E-state index contributed by atoms with van der Waals surface area (Å²) in [4.78, 5) is 23.8. The van der Waals surface area contributed by atoms with Crippen LogP contribution in [0.15, 0.2) is 30.3 Å². The summed E-state index contributed by atoms with van der Waals surface area (Å²) in [7, 11) is 0. The third-order valence-electron chi connectivity index (χ3n) is 4.28. The van der Waals surface area contributed by atoms with Crippen molar-refractivity contribution in [3.63, 3.8) is 0 Å². The van der Waals surface area contributed by atoms with Gasteiger partial charge in [0.2, 0.25) is 0 Å². The highest BCUT2D eigenvalue weighted by Gasteiger charge is 2.16. The van der Waals surface area contributed by atoms with Gasteiger partial charge in [-0.2, -0.15) is 11.8 Å². The molecule has 1 fully saturated rings. The molecule has 0 saturated carbocycles. The predicted molar refractivity (Wildman–Crippen MR) is 120 cm³/mol. The van der Waals surface area contributed by atoms with Crippen LogP contribution in [0.2, 0.25) is 0 Å². The zero-order valence-corrected chi connectivity index (χ0v) is 18.3. The molecule has 3 rings (SSSR count). The van der Waals surface area contributed by atoms with Gasteiger partial charge in [-0.1, -0.05) is 0 Å². The van der Waals surface area contributed by atoms with Crippen molar-refractivity contribution >= 4 is 29.3 Å². The second-order valence-corrected chi connectivity index (χ2v) is 8.85. The molecule has 1 aliphatic heterocycles. The molecule has 1 aromatic carbocycles. The van der Waals surface area contributed by atoms with Crippen LogP contribution in [-0.4, -0.2) is 54.1 Å². The van der Waals surface area contributed by atoms with Gasteiger partial charge in [0.15, 0.2) is 5.82 Å². The number of nitrogens with one attached hydrogen (secondary N) is 2. The fraction of sp³-hybridized carbons (Fsp3) is 0.476. The molecule has 2 amide bonds.